The molecule has 0 radical (unpaired) electrons. The third-order valence-corrected chi connectivity index (χ3v) is 6.46. The van der Waals surface area contributed by atoms with Crippen LogP contribution < -0.4 is 5.73 Å². The first-order valence-corrected chi connectivity index (χ1v) is 9.24. The van der Waals surface area contributed by atoms with Crippen LogP contribution in [0.1, 0.15) is 0 Å². The molecule has 22 heavy (non-hydrogen) atoms. The summed E-state index contributed by atoms with van der Waals surface area (Å²) in [6.07, 6.45) is 0. The van der Waals surface area contributed by atoms with E-state index in [1.54, 1.807) is 22.7 Å². The van der Waals surface area contributed by atoms with Crippen molar-refractivity contribution in [2.75, 3.05) is 5.73 Å². The van der Waals surface area contributed by atoms with Crippen molar-refractivity contribution in [1.29, 1.82) is 0 Å². The lowest BCUT2D eigenvalue weighted by Crippen LogP contribution is -1.90. The first-order valence-electron chi connectivity index (χ1n) is 6.38. The number of nitrogens with two attached hydrogens (primary N) is 1. The van der Waals surface area contributed by atoms with Gasteiger partial charge in [0.1, 0.15) is 16.7 Å². The predicted molar refractivity (Wildman–Crippen MR) is 99.6 cm³/mol. The van der Waals surface area contributed by atoms with Gasteiger partial charge in [-0.15, -0.1) is 22.7 Å². The Kier molecular flexibility index (Phi) is 2.55. The van der Waals surface area contributed by atoms with Crippen LogP contribution in [0.25, 0.3) is 42.0 Å². The van der Waals surface area contributed by atoms with Crippen molar-refractivity contribution in [3.63, 3.8) is 0 Å². The van der Waals surface area contributed by atoms with Crippen molar-refractivity contribution >= 4 is 100 Å². The summed E-state index contributed by atoms with van der Waals surface area (Å²) >= 11 is 9.54. The number of benzene rings is 2. The molecule has 0 saturated heterocycles. The molecule has 0 amide bonds. The maximum absolute atomic E-state index is 6.45. The Morgan fingerprint density at radius 2 is 1.64 bits per heavy atom. The van der Waals surface area contributed by atoms with Gasteiger partial charge < -0.3 is 5.73 Å². The third kappa shape index (κ3) is 1.40. The third-order valence-electron chi connectivity index (χ3n) is 3.89. The highest BCUT2D eigenvalue weighted by molar-refractivity contribution is 7.47. The van der Waals surface area contributed by atoms with Gasteiger partial charge in [0.25, 0.3) is 0 Å². The number of thiophene rings is 2. The van der Waals surface area contributed by atoms with E-state index in [1.807, 2.05) is 11.4 Å². The van der Waals surface area contributed by atoms with Crippen molar-refractivity contribution < 1.29 is 0 Å². The van der Waals surface area contributed by atoms with Gasteiger partial charge in [0.2, 0.25) is 0 Å². The summed E-state index contributed by atoms with van der Waals surface area (Å²) in [6, 6.07) is 4.09. The lowest BCUT2D eigenvalue weighted by atomic mass is 10.0. The molecule has 0 aliphatic heterocycles. The normalized spacial score (nSPS) is 12.0. The van der Waals surface area contributed by atoms with Crippen molar-refractivity contribution in [1.82, 2.24) is 8.75 Å². The monoisotopic (exact) mass is 358 g/mol. The maximum Gasteiger partial charge on any atom is 0.114 e. The van der Waals surface area contributed by atoms with Crippen LogP contribution in [0.3, 0.4) is 0 Å². The van der Waals surface area contributed by atoms with Crippen molar-refractivity contribution in [2.45, 2.75) is 0 Å². The molecule has 0 bridgehead atoms. The molecule has 106 valence electrons. The molecular formula is C14H6N4S4. The summed E-state index contributed by atoms with van der Waals surface area (Å²) in [5.74, 6) is 0. The fourth-order valence-electron chi connectivity index (χ4n) is 2.98. The molecule has 0 aliphatic rings. The second-order valence-corrected chi connectivity index (χ2v) is 7.44. The lowest BCUT2D eigenvalue weighted by Gasteiger charge is -2.09. The average molecular weight is 358 g/mol. The second kappa shape index (κ2) is 4.39. The first kappa shape index (κ1) is 12.8. The zero-order chi connectivity index (χ0) is 14.8. The molecule has 0 unspecified atom stereocenters. The van der Waals surface area contributed by atoms with Crippen LogP contribution in [0.2, 0.25) is 0 Å². The number of hydrogen-bond acceptors (Lipinski definition) is 8. The van der Waals surface area contributed by atoms with Crippen molar-refractivity contribution in [2.24, 2.45) is 4.36 Å². The van der Waals surface area contributed by atoms with E-state index in [1.165, 1.54) is 11.7 Å². The Hall–Kier alpha value is -1.74. The van der Waals surface area contributed by atoms with Gasteiger partial charge >= 0.3 is 0 Å². The van der Waals surface area contributed by atoms with Crippen molar-refractivity contribution in [3.8, 4) is 0 Å². The number of nitrogens with zero attached hydrogens (tertiary/aromatic N) is 3. The van der Waals surface area contributed by atoms with Gasteiger partial charge in [0.05, 0.1) is 17.4 Å². The molecule has 5 aromatic rings. The molecule has 2 aromatic carbocycles. The van der Waals surface area contributed by atoms with E-state index in [9.17, 15) is 0 Å². The average Bonchev–Trinajstić information content (AvgIpc) is 3.25. The number of rotatable bonds is 1. The van der Waals surface area contributed by atoms with Gasteiger partial charge in [0, 0.05) is 43.4 Å². The van der Waals surface area contributed by atoms with Gasteiger partial charge in [-0.2, -0.15) is 13.1 Å². The molecule has 8 heteroatoms. The minimum atomic E-state index is 0.637. The van der Waals surface area contributed by atoms with E-state index in [0.717, 1.165) is 42.0 Å². The zero-order valence-electron chi connectivity index (χ0n) is 10.9. The number of nitrogen functional groups attached to an aromatic ring is 1. The largest absolute Gasteiger partial charge is 0.396 e. The molecule has 0 aliphatic carbocycles. The smallest absolute Gasteiger partial charge is 0.114 e. The van der Waals surface area contributed by atoms with Gasteiger partial charge in [-0.25, -0.2) is 0 Å². The minimum absolute atomic E-state index is 0.637. The van der Waals surface area contributed by atoms with Crippen LogP contribution in [0.15, 0.2) is 27.3 Å². The van der Waals surface area contributed by atoms with Crippen LogP contribution in [0.4, 0.5) is 11.4 Å². The zero-order valence-corrected chi connectivity index (χ0v) is 14.1. The van der Waals surface area contributed by atoms with E-state index < -0.39 is 0 Å². The summed E-state index contributed by atoms with van der Waals surface area (Å²) < 4.78 is 15.3. The molecule has 2 N–H and O–H groups in total. The van der Waals surface area contributed by atoms with Gasteiger partial charge in [-0.1, -0.05) is 0 Å². The quantitative estimate of drug-likeness (QED) is 0.417. The maximum atomic E-state index is 6.45. The molecule has 3 heterocycles. The number of anilines is 1. The van der Waals surface area contributed by atoms with Crippen LogP contribution >= 0.6 is 34.4 Å². The Labute approximate surface area is 141 Å². The molecule has 0 saturated carbocycles. The molecule has 3 aromatic heterocycles. The first-order chi connectivity index (χ1) is 10.8. The van der Waals surface area contributed by atoms with E-state index in [4.69, 9.17) is 18.2 Å². The minimum Gasteiger partial charge on any atom is -0.396 e. The van der Waals surface area contributed by atoms with E-state index in [-0.39, 0.29) is 0 Å². The Morgan fingerprint density at radius 3 is 2.41 bits per heavy atom. The van der Waals surface area contributed by atoms with Crippen molar-refractivity contribution in [3.05, 3.63) is 22.9 Å². The molecule has 4 nitrogen and oxygen atoms in total. The van der Waals surface area contributed by atoms with Crippen LogP contribution in [-0.2, 0) is 12.4 Å². The highest BCUT2D eigenvalue weighted by atomic mass is 32.1. The number of hydrogen-bond donors (Lipinski definition) is 1. The molecule has 0 atom stereocenters. The molecule has 5 rings (SSSR count). The van der Waals surface area contributed by atoms with Crippen LogP contribution in [-0.4, -0.2) is 8.75 Å². The standard InChI is InChI=1S/C14H6N4S4/c15-9-7-8(14-5(1-3-21-14)10(9)16-19)12-11(17-22-18-12)6-2-4-20-13(6)7/h1-4H,15H2. The number of aromatic nitrogens is 2. The molecular weight excluding hydrogens is 352 g/mol. The fourth-order valence-corrected chi connectivity index (χ4v) is 5.65. The fraction of sp³-hybridized carbons (Fsp3) is 0. The van der Waals surface area contributed by atoms with E-state index >= 15 is 0 Å². The summed E-state index contributed by atoms with van der Waals surface area (Å²) in [7, 11) is 0. The van der Waals surface area contributed by atoms with Gasteiger partial charge in [-0.3, -0.25) is 0 Å². The predicted octanol–water partition coefficient (Wildman–Crippen LogP) is 5.22. The van der Waals surface area contributed by atoms with Crippen LogP contribution in [0, 0.1) is 0 Å². The summed E-state index contributed by atoms with van der Waals surface area (Å²) in [5.41, 5.74) is 9.64. The van der Waals surface area contributed by atoms with E-state index in [2.05, 4.69) is 24.6 Å². The number of fused-ring (bicyclic) bond motifs is 8. The molecule has 0 spiro atoms. The Balaban J connectivity index is 2.30. The van der Waals surface area contributed by atoms with Crippen LogP contribution in [0.5, 0.6) is 0 Å². The topological polar surface area (TPSA) is 64.2 Å². The highest BCUT2D eigenvalue weighted by Gasteiger charge is 2.21. The summed E-state index contributed by atoms with van der Waals surface area (Å²) in [6.45, 7) is 0. The SMILES string of the molecule is Nc1c(N=S)c2ccsc2c2c3nsnc3c3ccsc3c12. The second-order valence-electron chi connectivity index (χ2n) is 4.89. The lowest BCUT2D eigenvalue weighted by molar-refractivity contribution is 1.66. The Bertz CT molecular complexity index is 1210. The van der Waals surface area contributed by atoms with Gasteiger partial charge in [0.15, 0.2) is 0 Å². The Morgan fingerprint density at radius 1 is 0.955 bits per heavy atom. The van der Waals surface area contributed by atoms with Gasteiger partial charge in [-0.05, 0) is 22.9 Å². The summed E-state index contributed by atoms with van der Waals surface area (Å²) in [5, 5.41) is 8.27. The molecule has 0 fully saturated rings. The summed E-state index contributed by atoms with van der Waals surface area (Å²) in [4.78, 5) is 0. The highest BCUT2D eigenvalue weighted by Crippen LogP contribution is 2.48. The van der Waals surface area contributed by atoms with E-state index in [0.29, 0.717) is 11.4 Å².